The molecule has 0 bridgehead atoms. The van der Waals surface area contributed by atoms with Gasteiger partial charge in [0.15, 0.2) is 0 Å². The Balaban J connectivity index is 2.33. The summed E-state index contributed by atoms with van der Waals surface area (Å²) >= 11 is 0. The molecule has 0 heterocycles. The predicted octanol–water partition coefficient (Wildman–Crippen LogP) is 2.48. The molecule has 0 amide bonds. The SMILES string of the molecule is CCC(N)CC(=O)OC1CC(C)CC(C)C1. The number of hydrogen-bond acceptors (Lipinski definition) is 3. The van der Waals surface area contributed by atoms with Crippen molar-refractivity contribution >= 4 is 5.97 Å². The number of esters is 1. The van der Waals surface area contributed by atoms with Gasteiger partial charge in [-0.25, -0.2) is 0 Å². The van der Waals surface area contributed by atoms with Crippen molar-refractivity contribution in [3.63, 3.8) is 0 Å². The van der Waals surface area contributed by atoms with Crippen LogP contribution in [0.15, 0.2) is 0 Å². The molecule has 1 fully saturated rings. The van der Waals surface area contributed by atoms with Crippen LogP contribution in [0.25, 0.3) is 0 Å². The van der Waals surface area contributed by atoms with E-state index in [1.54, 1.807) is 0 Å². The van der Waals surface area contributed by atoms with Crippen LogP contribution < -0.4 is 5.73 Å². The van der Waals surface area contributed by atoms with Crippen LogP contribution in [0.1, 0.15) is 52.9 Å². The van der Waals surface area contributed by atoms with Crippen LogP contribution in [-0.2, 0) is 9.53 Å². The van der Waals surface area contributed by atoms with Crippen molar-refractivity contribution in [3.8, 4) is 0 Å². The smallest absolute Gasteiger partial charge is 0.307 e. The van der Waals surface area contributed by atoms with Gasteiger partial charge in [-0.2, -0.15) is 0 Å². The van der Waals surface area contributed by atoms with E-state index < -0.39 is 0 Å². The Kier molecular flexibility index (Phi) is 5.26. The van der Waals surface area contributed by atoms with E-state index in [1.165, 1.54) is 6.42 Å². The van der Waals surface area contributed by atoms with Gasteiger partial charge in [-0.3, -0.25) is 4.79 Å². The summed E-state index contributed by atoms with van der Waals surface area (Å²) in [6, 6.07) is -0.0501. The molecule has 0 aromatic rings. The van der Waals surface area contributed by atoms with Crippen LogP contribution in [0.5, 0.6) is 0 Å². The molecule has 3 heteroatoms. The molecule has 1 rings (SSSR count). The van der Waals surface area contributed by atoms with Crippen molar-refractivity contribution in [2.24, 2.45) is 17.6 Å². The Hall–Kier alpha value is -0.570. The van der Waals surface area contributed by atoms with E-state index in [1.807, 2.05) is 6.92 Å². The topological polar surface area (TPSA) is 52.3 Å². The summed E-state index contributed by atoms with van der Waals surface area (Å²) in [5.74, 6) is 1.21. The fourth-order valence-corrected chi connectivity index (χ4v) is 2.56. The van der Waals surface area contributed by atoms with Crippen LogP contribution in [0.3, 0.4) is 0 Å². The minimum absolute atomic E-state index is 0.0501. The first-order valence-electron chi connectivity index (χ1n) is 6.46. The molecule has 0 radical (unpaired) electrons. The first-order chi connectivity index (χ1) is 7.51. The van der Waals surface area contributed by atoms with Gasteiger partial charge in [-0.05, 0) is 37.5 Å². The van der Waals surface area contributed by atoms with Gasteiger partial charge in [0.05, 0.1) is 6.42 Å². The molecule has 94 valence electrons. The molecule has 0 aromatic carbocycles. The summed E-state index contributed by atoms with van der Waals surface area (Å²) in [5.41, 5.74) is 5.73. The number of hydrogen-bond donors (Lipinski definition) is 1. The van der Waals surface area contributed by atoms with E-state index in [0.29, 0.717) is 18.3 Å². The van der Waals surface area contributed by atoms with Crippen LogP contribution >= 0.6 is 0 Å². The Bertz CT molecular complexity index is 220. The largest absolute Gasteiger partial charge is 0.462 e. The Labute approximate surface area is 98.7 Å². The van der Waals surface area contributed by atoms with Crippen molar-refractivity contribution in [2.75, 3.05) is 0 Å². The van der Waals surface area contributed by atoms with Crippen LogP contribution in [-0.4, -0.2) is 18.1 Å². The summed E-state index contributed by atoms with van der Waals surface area (Å²) in [5, 5.41) is 0. The fourth-order valence-electron chi connectivity index (χ4n) is 2.56. The number of nitrogens with two attached hydrogens (primary N) is 1. The highest BCUT2D eigenvalue weighted by molar-refractivity contribution is 5.70. The predicted molar refractivity (Wildman–Crippen MR) is 64.9 cm³/mol. The van der Waals surface area contributed by atoms with Gasteiger partial charge in [0.25, 0.3) is 0 Å². The first kappa shape index (κ1) is 13.5. The molecule has 0 spiro atoms. The van der Waals surface area contributed by atoms with Crippen molar-refractivity contribution < 1.29 is 9.53 Å². The summed E-state index contributed by atoms with van der Waals surface area (Å²) in [6.07, 6.45) is 4.58. The quantitative estimate of drug-likeness (QED) is 0.751. The summed E-state index contributed by atoms with van der Waals surface area (Å²) in [4.78, 5) is 11.6. The lowest BCUT2D eigenvalue weighted by molar-refractivity contribution is -0.152. The lowest BCUT2D eigenvalue weighted by Crippen LogP contribution is -2.31. The van der Waals surface area contributed by atoms with E-state index in [0.717, 1.165) is 19.3 Å². The molecule has 1 saturated carbocycles. The lowest BCUT2D eigenvalue weighted by Gasteiger charge is -2.31. The molecule has 0 saturated heterocycles. The third-order valence-corrected chi connectivity index (χ3v) is 3.39. The molecule has 1 aliphatic carbocycles. The van der Waals surface area contributed by atoms with Gasteiger partial charge in [0.2, 0.25) is 0 Å². The van der Waals surface area contributed by atoms with Gasteiger partial charge < -0.3 is 10.5 Å². The fraction of sp³-hybridized carbons (Fsp3) is 0.923. The van der Waals surface area contributed by atoms with Crippen molar-refractivity contribution in [2.45, 2.75) is 65.0 Å². The van der Waals surface area contributed by atoms with E-state index in [2.05, 4.69) is 13.8 Å². The second-order valence-electron chi connectivity index (χ2n) is 5.40. The maximum Gasteiger partial charge on any atom is 0.307 e. The van der Waals surface area contributed by atoms with Crippen LogP contribution in [0, 0.1) is 11.8 Å². The maximum absolute atomic E-state index is 11.6. The number of carbonyl (C=O) groups is 1. The number of carbonyl (C=O) groups excluding carboxylic acids is 1. The van der Waals surface area contributed by atoms with E-state index in [-0.39, 0.29) is 18.1 Å². The average molecular weight is 227 g/mol. The van der Waals surface area contributed by atoms with Gasteiger partial charge in [0.1, 0.15) is 6.10 Å². The molecule has 3 unspecified atom stereocenters. The Morgan fingerprint density at radius 1 is 1.31 bits per heavy atom. The second kappa shape index (κ2) is 6.24. The highest BCUT2D eigenvalue weighted by Crippen LogP contribution is 2.30. The van der Waals surface area contributed by atoms with Gasteiger partial charge in [-0.1, -0.05) is 20.8 Å². The minimum atomic E-state index is -0.124. The molecule has 1 aliphatic rings. The zero-order chi connectivity index (χ0) is 12.1. The third-order valence-electron chi connectivity index (χ3n) is 3.39. The van der Waals surface area contributed by atoms with Crippen molar-refractivity contribution in [3.05, 3.63) is 0 Å². The van der Waals surface area contributed by atoms with Gasteiger partial charge in [-0.15, -0.1) is 0 Å². The molecule has 16 heavy (non-hydrogen) atoms. The van der Waals surface area contributed by atoms with Crippen LogP contribution in [0.2, 0.25) is 0 Å². The van der Waals surface area contributed by atoms with Crippen molar-refractivity contribution in [1.82, 2.24) is 0 Å². The summed E-state index contributed by atoms with van der Waals surface area (Å²) < 4.78 is 5.49. The van der Waals surface area contributed by atoms with Crippen molar-refractivity contribution in [1.29, 1.82) is 0 Å². The van der Waals surface area contributed by atoms with Gasteiger partial charge in [0, 0.05) is 6.04 Å². The number of rotatable bonds is 4. The molecule has 0 aliphatic heterocycles. The first-order valence-corrected chi connectivity index (χ1v) is 6.46. The summed E-state index contributed by atoms with van der Waals surface area (Å²) in [6.45, 7) is 6.45. The van der Waals surface area contributed by atoms with E-state index >= 15 is 0 Å². The standard InChI is InChI=1S/C13H25NO2/c1-4-11(14)8-13(15)16-12-6-9(2)5-10(3)7-12/h9-12H,4-8,14H2,1-3H3. The Morgan fingerprint density at radius 2 is 1.88 bits per heavy atom. The highest BCUT2D eigenvalue weighted by Gasteiger charge is 2.26. The zero-order valence-corrected chi connectivity index (χ0v) is 10.7. The van der Waals surface area contributed by atoms with E-state index in [9.17, 15) is 4.79 Å². The second-order valence-corrected chi connectivity index (χ2v) is 5.40. The molecule has 3 atom stereocenters. The normalized spacial score (nSPS) is 32.1. The molecule has 2 N–H and O–H groups in total. The lowest BCUT2D eigenvalue weighted by atomic mass is 9.82. The molecule has 0 aromatic heterocycles. The van der Waals surface area contributed by atoms with E-state index in [4.69, 9.17) is 10.5 Å². The average Bonchev–Trinajstić information content (AvgIpc) is 2.15. The molecular formula is C13H25NO2. The van der Waals surface area contributed by atoms with Gasteiger partial charge >= 0.3 is 5.97 Å². The monoisotopic (exact) mass is 227 g/mol. The molecule has 3 nitrogen and oxygen atoms in total. The van der Waals surface area contributed by atoms with Crippen LogP contribution in [0.4, 0.5) is 0 Å². The number of ether oxygens (including phenoxy) is 1. The maximum atomic E-state index is 11.6. The highest BCUT2D eigenvalue weighted by atomic mass is 16.5. The zero-order valence-electron chi connectivity index (χ0n) is 10.7. The minimum Gasteiger partial charge on any atom is -0.462 e. The summed E-state index contributed by atoms with van der Waals surface area (Å²) in [7, 11) is 0. The Morgan fingerprint density at radius 3 is 2.38 bits per heavy atom. The third kappa shape index (κ3) is 4.52. The molecular weight excluding hydrogens is 202 g/mol.